The van der Waals surface area contributed by atoms with Gasteiger partial charge < -0.3 is 19.5 Å². The van der Waals surface area contributed by atoms with Crippen LogP contribution in [0.4, 0.5) is 0 Å². The minimum Gasteiger partial charge on any atom is -0.490 e. The van der Waals surface area contributed by atoms with Crippen LogP contribution in [0.15, 0.2) is 23.8 Å². The number of nitrogens with zero attached hydrogens (tertiary/aromatic N) is 1. The second-order valence-corrected chi connectivity index (χ2v) is 4.94. The molecule has 2 rings (SSSR count). The van der Waals surface area contributed by atoms with Crippen LogP contribution in [0.25, 0.3) is 6.08 Å². The molecular formula is C16H19NO5. The SMILES string of the molecule is CCOc1cccc2c1OCC(C(=O)N(C)CCC(=O)O)=C2. The fourth-order valence-electron chi connectivity index (χ4n) is 2.18. The summed E-state index contributed by atoms with van der Waals surface area (Å²) in [5, 5.41) is 8.67. The van der Waals surface area contributed by atoms with E-state index in [0.717, 1.165) is 5.56 Å². The minimum atomic E-state index is -0.930. The summed E-state index contributed by atoms with van der Waals surface area (Å²) >= 11 is 0. The van der Waals surface area contributed by atoms with Crippen molar-refractivity contribution in [2.24, 2.45) is 0 Å². The van der Waals surface area contributed by atoms with Crippen LogP contribution < -0.4 is 9.47 Å². The lowest BCUT2D eigenvalue weighted by molar-refractivity contribution is -0.137. The van der Waals surface area contributed by atoms with Crippen LogP contribution in [-0.2, 0) is 9.59 Å². The number of carboxylic acid groups (broad SMARTS) is 1. The molecule has 1 aromatic carbocycles. The Morgan fingerprint density at radius 1 is 1.41 bits per heavy atom. The van der Waals surface area contributed by atoms with E-state index in [9.17, 15) is 9.59 Å². The lowest BCUT2D eigenvalue weighted by Crippen LogP contribution is -2.32. The van der Waals surface area contributed by atoms with E-state index in [1.165, 1.54) is 4.90 Å². The lowest BCUT2D eigenvalue weighted by Gasteiger charge is -2.23. The number of carbonyl (C=O) groups is 2. The maximum absolute atomic E-state index is 12.3. The summed E-state index contributed by atoms with van der Waals surface area (Å²) in [4.78, 5) is 24.2. The van der Waals surface area contributed by atoms with Gasteiger partial charge in [-0.3, -0.25) is 9.59 Å². The number of carbonyl (C=O) groups excluding carboxylic acids is 1. The summed E-state index contributed by atoms with van der Waals surface area (Å²) in [6.07, 6.45) is 1.68. The van der Waals surface area contributed by atoms with Gasteiger partial charge in [0.15, 0.2) is 11.5 Å². The van der Waals surface area contributed by atoms with Gasteiger partial charge in [-0.2, -0.15) is 0 Å². The standard InChI is InChI=1S/C16H19NO5/c1-3-21-13-6-4-5-11-9-12(10-22-15(11)13)16(20)17(2)8-7-14(18)19/h4-6,9H,3,7-8,10H2,1-2H3,(H,18,19). The number of aliphatic carboxylic acids is 1. The summed E-state index contributed by atoms with van der Waals surface area (Å²) in [6, 6.07) is 5.51. The normalized spacial score (nSPS) is 12.7. The van der Waals surface area contributed by atoms with Crippen LogP contribution in [0.2, 0.25) is 0 Å². The number of amides is 1. The Hall–Kier alpha value is -2.50. The number of rotatable bonds is 6. The zero-order chi connectivity index (χ0) is 16.1. The van der Waals surface area contributed by atoms with Crippen molar-refractivity contribution in [2.75, 3.05) is 26.8 Å². The lowest BCUT2D eigenvalue weighted by atomic mass is 10.1. The van der Waals surface area contributed by atoms with Gasteiger partial charge in [-0.25, -0.2) is 0 Å². The fourth-order valence-corrected chi connectivity index (χ4v) is 2.18. The van der Waals surface area contributed by atoms with E-state index in [-0.39, 0.29) is 25.5 Å². The third kappa shape index (κ3) is 3.58. The molecule has 0 atom stereocenters. The van der Waals surface area contributed by atoms with Crippen LogP contribution in [0.1, 0.15) is 18.9 Å². The zero-order valence-corrected chi connectivity index (χ0v) is 12.7. The summed E-state index contributed by atoms with van der Waals surface area (Å²) in [7, 11) is 1.58. The molecule has 6 nitrogen and oxygen atoms in total. The maximum Gasteiger partial charge on any atom is 0.305 e. The molecule has 1 aliphatic rings. The maximum atomic E-state index is 12.3. The molecule has 0 bridgehead atoms. The number of ether oxygens (including phenoxy) is 2. The molecule has 1 N–H and O–H groups in total. The van der Waals surface area contributed by atoms with Crippen LogP contribution in [0, 0.1) is 0 Å². The van der Waals surface area contributed by atoms with Crippen LogP contribution in [0.3, 0.4) is 0 Å². The molecule has 1 aliphatic heterocycles. The number of hydrogen-bond donors (Lipinski definition) is 1. The van der Waals surface area contributed by atoms with Crippen molar-refractivity contribution in [3.63, 3.8) is 0 Å². The van der Waals surface area contributed by atoms with Gasteiger partial charge in [-0.1, -0.05) is 12.1 Å². The fraction of sp³-hybridized carbons (Fsp3) is 0.375. The number of fused-ring (bicyclic) bond motifs is 1. The average molecular weight is 305 g/mol. The summed E-state index contributed by atoms with van der Waals surface area (Å²) < 4.78 is 11.2. The molecule has 0 saturated heterocycles. The van der Waals surface area contributed by atoms with E-state index >= 15 is 0 Å². The van der Waals surface area contributed by atoms with Crippen molar-refractivity contribution < 1.29 is 24.2 Å². The molecule has 0 unspecified atom stereocenters. The molecule has 1 heterocycles. The van der Waals surface area contributed by atoms with E-state index < -0.39 is 5.97 Å². The van der Waals surface area contributed by atoms with Gasteiger partial charge in [0.2, 0.25) is 0 Å². The highest BCUT2D eigenvalue weighted by atomic mass is 16.5. The first-order valence-electron chi connectivity index (χ1n) is 7.09. The monoisotopic (exact) mass is 305 g/mol. The van der Waals surface area contributed by atoms with Crippen molar-refractivity contribution in [1.29, 1.82) is 0 Å². The van der Waals surface area contributed by atoms with E-state index in [0.29, 0.717) is 23.7 Å². The number of likely N-dealkylation sites (N-methyl/N-ethyl adjacent to an activating group) is 1. The van der Waals surface area contributed by atoms with Crippen LogP contribution in [0.5, 0.6) is 11.5 Å². The molecule has 6 heteroatoms. The highest BCUT2D eigenvalue weighted by Gasteiger charge is 2.22. The molecule has 0 saturated carbocycles. The second-order valence-electron chi connectivity index (χ2n) is 4.94. The van der Waals surface area contributed by atoms with Gasteiger partial charge in [0.1, 0.15) is 6.61 Å². The molecule has 0 aromatic heterocycles. The zero-order valence-electron chi connectivity index (χ0n) is 12.7. The molecular weight excluding hydrogens is 286 g/mol. The van der Waals surface area contributed by atoms with E-state index in [1.807, 2.05) is 25.1 Å². The first-order valence-corrected chi connectivity index (χ1v) is 7.09. The van der Waals surface area contributed by atoms with Gasteiger partial charge in [-0.05, 0) is 19.1 Å². The predicted octanol–water partition coefficient (Wildman–Crippen LogP) is 1.79. The van der Waals surface area contributed by atoms with Crippen molar-refractivity contribution in [3.8, 4) is 11.5 Å². The molecule has 0 aliphatic carbocycles. The highest BCUT2D eigenvalue weighted by Crippen LogP contribution is 2.35. The third-order valence-electron chi connectivity index (χ3n) is 3.29. The van der Waals surface area contributed by atoms with E-state index in [1.54, 1.807) is 13.1 Å². The minimum absolute atomic E-state index is 0.0819. The number of para-hydroxylation sites is 1. The quantitative estimate of drug-likeness (QED) is 0.867. The molecule has 1 amide bonds. The van der Waals surface area contributed by atoms with Gasteiger partial charge in [-0.15, -0.1) is 0 Å². The Balaban J connectivity index is 2.16. The Labute approximate surface area is 128 Å². The van der Waals surface area contributed by atoms with Crippen molar-refractivity contribution in [1.82, 2.24) is 4.90 Å². The van der Waals surface area contributed by atoms with Crippen LogP contribution in [-0.4, -0.2) is 48.7 Å². The Kier molecular flexibility index (Phi) is 5.04. The Morgan fingerprint density at radius 2 is 2.18 bits per heavy atom. The number of hydrogen-bond acceptors (Lipinski definition) is 4. The van der Waals surface area contributed by atoms with Crippen molar-refractivity contribution in [3.05, 3.63) is 29.3 Å². The van der Waals surface area contributed by atoms with Gasteiger partial charge >= 0.3 is 5.97 Å². The largest absolute Gasteiger partial charge is 0.490 e. The third-order valence-corrected chi connectivity index (χ3v) is 3.29. The van der Waals surface area contributed by atoms with Gasteiger partial charge in [0.05, 0.1) is 18.6 Å². The highest BCUT2D eigenvalue weighted by molar-refractivity contribution is 5.99. The summed E-state index contributed by atoms with van der Waals surface area (Å²) in [6.45, 7) is 2.74. The van der Waals surface area contributed by atoms with Gasteiger partial charge in [0.25, 0.3) is 5.91 Å². The molecule has 1 aromatic rings. The molecule has 22 heavy (non-hydrogen) atoms. The molecule has 0 spiro atoms. The molecule has 118 valence electrons. The first-order chi connectivity index (χ1) is 10.5. The predicted molar refractivity (Wildman–Crippen MR) is 81.0 cm³/mol. The Morgan fingerprint density at radius 3 is 2.86 bits per heavy atom. The Bertz CT molecular complexity index is 609. The molecule has 0 radical (unpaired) electrons. The summed E-state index contributed by atoms with van der Waals surface area (Å²) in [5.41, 5.74) is 1.28. The van der Waals surface area contributed by atoms with Gasteiger partial charge in [0, 0.05) is 19.2 Å². The smallest absolute Gasteiger partial charge is 0.305 e. The average Bonchev–Trinajstić information content (AvgIpc) is 2.52. The molecule has 0 fully saturated rings. The van der Waals surface area contributed by atoms with E-state index in [2.05, 4.69) is 0 Å². The van der Waals surface area contributed by atoms with Crippen molar-refractivity contribution >= 4 is 18.0 Å². The number of benzene rings is 1. The first kappa shape index (κ1) is 15.9. The van der Waals surface area contributed by atoms with Crippen LogP contribution >= 0.6 is 0 Å². The van der Waals surface area contributed by atoms with E-state index in [4.69, 9.17) is 14.6 Å². The number of carboxylic acids is 1. The topological polar surface area (TPSA) is 76.1 Å². The van der Waals surface area contributed by atoms with Crippen molar-refractivity contribution in [2.45, 2.75) is 13.3 Å². The summed E-state index contributed by atoms with van der Waals surface area (Å²) in [5.74, 6) is 0.130. The second kappa shape index (κ2) is 6.98.